The summed E-state index contributed by atoms with van der Waals surface area (Å²) in [6.07, 6.45) is 2.40. The summed E-state index contributed by atoms with van der Waals surface area (Å²) in [5, 5.41) is 4.13. The van der Waals surface area contributed by atoms with Crippen LogP contribution in [0.4, 0.5) is 5.00 Å². The summed E-state index contributed by atoms with van der Waals surface area (Å²) in [5.41, 5.74) is 2.25. The molecule has 0 aliphatic carbocycles. The maximum absolute atomic E-state index is 13.3. The molecule has 4 rings (SSSR count). The lowest BCUT2D eigenvalue weighted by atomic mass is 9.95. The van der Waals surface area contributed by atoms with Crippen molar-refractivity contribution >= 4 is 28.2 Å². The van der Waals surface area contributed by atoms with Crippen LogP contribution in [0, 0.1) is 5.92 Å². The number of morpholine rings is 1. The third-order valence-electron chi connectivity index (χ3n) is 6.01. The number of amides is 2. The first-order valence-corrected chi connectivity index (χ1v) is 12.1. The smallest absolute Gasteiger partial charge is 0.264 e. The highest BCUT2D eigenvalue weighted by Crippen LogP contribution is 2.40. The fourth-order valence-corrected chi connectivity index (χ4v) is 5.41. The van der Waals surface area contributed by atoms with Crippen molar-refractivity contribution in [3.8, 4) is 11.1 Å². The molecule has 166 valence electrons. The van der Waals surface area contributed by atoms with Crippen molar-refractivity contribution in [1.82, 2.24) is 10.2 Å². The molecule has 0 atom stereocenters. The molecule has 7 heteroatoms. The van der Waals surface area contributed by atoms with E-state index >= 15 is 0 Å². The number of hydrogen-bond donors (Lipinski definition) is 1. The Bertz CT molecular complexity index is 885. The first-order valence-electron chi connectivity index (χ1n) is 11.3. The van der Waals surface area contributed by atoms with Gasteiger partial charge < -0.3 is 19.9 Å². The molecule has 3 heterocycles. The Morgan fingerprint density at radius 1 is 1.10 bits per heavy atom. The number of thiophene rings is 1. The van der Waals surface area contributed by atoms with Crippen LogP contribution in [0.25, 0.3) is 11.1 Å². The third kappa shape index (κ3) is 5.10. The Labute approximate surface area is 188 Å². The van der Waals surface area contributed by atoms with Gasteiger partial charge in [0.1, 0.15) is 0 Å². The number of likely N-dealkylation sites (tertiary alicyclic amines) is 1. The van der Waals surface area contributed by atoms with Gasteiger partial charge in [0.25, 0.3) is 5.91 Å². The summed E-state index contributed by atoms with van der Waals surface area (Å²) in [6.45, 7) is 7.14. The molecule has 2 amide bonds. The van der Waals surface area contributed by atoms with Crippen LogP contribution in [0.15, 0.2) is 36.4 Å². The van der Waals surface area contributed by atoms with E-state index < -0.39 is 0 Å². The molecule has 0 spiro atoms. The minimum atomic E-state index is 0.0164. The van der Waals surface area contributed by atoms with Crippen LogP contribution in [0.1, 0.15) is 35.9 Å². The van der Waals surface area contributed by atoms with Gasteiger partial charge in [0.2, 0.25) is 5.91 Å². The molecule has 2 aliphatic heterocycles. The van der Waals surface area contributed by atoms with Crippen LogP contribution in [-0.4, -0.2) is 62.7 Å². The van der Waals surface area contributed by atoms with Gasteiger partial charge in [-0.05, 0) is 30.9 Å². The zero-order chi connectivity index (χ0) is 21.6. The van der Waals surface area contributed by atoms with Crippen LogP contribution in [-0.2, 0) is 9.53 Å². The fraction of sp³-hybridized carbons (Fsp3) is 0.500. The van der Waals surface area contributed by atoms with Gasteiger partial charge in [-0.2, -0.15) is 0 Å². The molecule has 6 nitrogen and oxygen atoms in total. The van der Waals surface area contributed by atoms with Gasteiger partial charge in [-0.25, -0.2) is 0 Å². The van der Waals surface area contributed by atoms with E-state index in [0.717, 1.165) is 59.9 Å². The Morgan fingerprint density at radius 2 is 1.81 bits per heavy atom. The van der Waals surface area contributed by atoms with Crippen molar-refractivity contribution < 1.29 is 14.3 Å². The van der Waals surface area contributed by atoms with E-state index in [1.807, 2.05) is 29.2 Å². The number of nitrogens with zero attached hydrogens (tertiary/aromatic N) is 2. The van der Waals surface area contributed by atoms with E-state index in [2.05, 4.69) is 29.3 Å². The maximum atomic E-state index is 13.3. The van der Waals surface area contributed by atoms with E-state index in [1.54, 1.807) is 11.3 Å². The van der Waals surface area contributed by atoms with Crippen molar-refractivity contribution in [2.24, 2.45) is 5.92 Å². The highest BCUT2D eigenvalue weighted by Gasteiger charge is 2.29. The minimum absolute atomic E-state index is 0.0164. The summed E-state index contributed by atoms with van der Waals surface area (Å²) >= 11 is 1.58. The molecule has 0 radical (unpaired) electrons. The Hall–Kier alpha value is -2.38. The van der Waals surface area contributed by atoms with Crippen LogP contribution in [0.3, 0.4) is 0 Å². The van der Waals surface area contributed by atoms with Crippen molar-refractivity contribution in [3.63, 3.8) is 0 Å². The molecule has 1 aromatic heterocycles. The van der Waals surface area contributed by atoms with Crippen molar-refractivity contribution in [1.29, 1.82) is 0 Å². The number of carbonyl (C=O) groups is 2. The number of rotatable bonds is 6. The lowest BCUT2D eigenvalue weighted by molar-refractivity contribution is -0.126. The monoisotopic (exact) mass is 441 g/mol. The number of benzene rings is 1. The third-order valence-corrected chi connectivity index (χ3v) is 7.19. The van der Waals surface area contributed by atoms with Crippen molar-refractivity contribution in [3.05, 3.63) is 41.3 Å². The summed E-state index contributed by atoms with van der Waals surface area (Å²) in [6, 6.07) is 12.3. The molecule has 2 aliphatic rings. The van der Waals surface area contributed by atoms with Crippen LogP contribution < -0.4 is 10.2 Å². The number of carbonyl (C=O) groups excluding carboxylic acids is 2. The van der Waals surface area contributed by atoms with E-state index in [1.165, 1.54) is 0 Å². The number of nitrogens with one attached hydrogen (secondary N) is 1. The lowest BCUT2D eigenvalue weighted by Crippen LogP contribution is -2.43. The van der Waals surface area contributed by atoms with Crippen LogP contribution in [0.5, 0.6) is 0 Å². The highest BCUT2D eigenvalue weighted by molar-refractivity contribution is 7.18. The molecule has 0 saturated carbocycles. The van der Waals surface area contributed by atoms with Gasteiger partial charge >= 0.3 is 0 Å². The number of hydrogen-bond acceptors (Lipinski definition) is 5. The summed E-state index contributed by atoms with van der Waals surface area (Å²) in [7, 11) is 0. The van der Waals surface area contributed by atoms with Crippen LogP contribution in [0.2, 0.25) is 0 Å². The average Bonchev–Trinajstić information content (AvgIpc) is 3.29. The van der Waals surface area contributed by atoms with Gasteiger partial charge in [0.15, 0.2) is 0 Å². The minimum Gasteiger partial charge on any atom is -0.378 e. The topological polar surface area (TPSA) is 61.9 Å². The second-order valence-corrected chi connectivity index (χ2v) is 9.18. The van der Waals surface area contributed by atoms with Crippen molar-refractivity contribution in [2.45, 2.75) is 26.2 Å². The largest absolute Gasteiger partial charge is 0.378 e. The lowest BCUT2D eigenvalue weighted by Gasteiger charge is -2.31. The summed E-state index contributed by atoms with van der Waals surface area (Å²) in [5.74, 6) is 0.225. The molecule has 2 saturated heterocycles. The molecular formula is C24H31N3O3S. The van der Waals surface area contributed by atoms with E-state index in [4.69, 9.17) is 4.74 Å². The van der Waals surface area contributed by atoms with Crippen molar-refractivity contribution in [2.75, 3.05) is 50.8 Å². The van der Waals surface area contributed by atoms with Gasteiger partial charge in [-0.1, -0.05) is 37.3 Å². The number of ether oxygens (including phenoxy) is 1. The predicted molar refractivity (Wildman–Crippen MR) is 125 cm³/mol. The van der Waals surface area contributed by atoms with Crippen LogP contribution >= 0.6 is 11.3 Å². The van der Waals surface area contributed by atoms with Gasteiger partial charge in [-0.3, -0.25) is 9.59 Å². The van der Waals surface area contributed by atoms with E-state index in [0.29, 0.717) is 26.3 Å². The van der Waals surface area contributed by atoms with E-state index in [-0.39, 0.29) is 17.7 Å². The zero-order valence-corrected chi connectivity index (χ0v) is 19.0. The normalized spacial score (nSPS) is 17.6. The predicted octanol–water partition coefficient (Wildman–Crippen LogP) is 3.63. The first-order chi connectivity index (χ1) is 15.2. The fourth-order valence-electron chi connectivity index (χ4n) is 4.21. The second-order valence-electron chi connectivity index (χ2n) is 8.15. The quantitative estimate of drug-likeness (QED) is 0.744. The molecule has 0 unspecified atom stereocenters. The molecule has 1 N–H and O–H groups in total. The molecule has 31 heavy (non-hydrogen) atoms. The van der Waals surface area contributed by atoms with Gasteiger partial charge in [0, 0.05) is 44.2 Å². The molecule has 1 aromatic carbocycles. The average molecular weight is 442 g/mol. The van der Waals surface area contributed by atoms with E-state index in [9.17, 15) is 9.59 Å². The maximum Gasteiger partial charge on any atom is 0.264 e. The second kappa shape index (κ2) is 10.3. The number of anilines is 1. The summed E-state index contributed by atoms with van der Waals surface area (Å²) < 4.78 is 5.53. The Morgan fingerprint density at radius 3 is 2.48 bits per heavy atom. The first kappa shape index (κ1) is 21.8. The van der Waals surface area contributed by atoms with Gasteiger partial charge in [0.05, 0.1) is 23.1 Å². The van der Waals surface area contributed by atoms with Gasteiger partial charge in [-0.15, -0.1) is 11.3 Å². The Balaban J connectivity index is 1.50. The highest BCUT2D eigenvalue weighted by atomic mass is 32.1. The molecule has 2 aromatic rings. The molecule has 2 fully saturated rings. The molecular weight excluding hydrogens is 410 g/mol. The zero-order valence-electron chi connectivity index (χ0n) is 18.1. The Kier molecular flexibility index (Phi) is 7.25. The summed E-state index contributed by atoms with van der Waals surface area (Å²) in [4.78, 5) is 30.6. The SMILES string of the molecule is CCCNC(=O)C1CCN(C(=O)c2cc(-c3ccccc3)c(N3CCOCC3)s2)CC1. The molecule has 0 bridgehead atoms. The number of piperidine rings is 1. The standard InChI is InChI=1S/C24H31N3O3S/c1-2-10-25-22(28)19-8-11-26(12-9-19)23(29)21-17-20(18-6-4-3-5-7-18)24(31-21)27-13-15-30-16-14-27/h3-7,17,19H,2,8-16H2,1H3,(H,25,28).